The minimum absolute atomic E-state index is 0.120. The molecule has 0 radical (unpaired) electrons. The third-order valence-electron chi connectivity index (χ3n) is 4.03. The molecular formula is C16H22N2O3. The second-order valence-corrected chi connectivity index (χ2v) is 5.79. The van der Waals surface area contributed by atoms with Crippen LogP contribution in [0.25, 0.3) is 0 Å². The number of fused-ring (bicyclic) bond motifs is 1. The Labute approximate surface area is 125 Å². The molecule has 5 heteroatoms. The Kier molecular flexibility index (Phi) is 4.50. The fourth-order valence-corrected chi connectivity index (χ4v) is 2.73. The van der Waals surface area contributed by atoms with Crippen molar-refractivity contribution in [2.24, 2.45) is 5.92 Å². The highest BCUT2D eigenvalue weighted by Crippen LogP contribution is 2.31. The predicted molar refractivity (Wildman–Crippen MR) is 81.5 cm³/mol. The second-order valence-electron chi connectivity index (χ2n) is 5.79. The summed E-state index contributed by atoms with van der Waals surface area (Å²) in [5, 5.41) is 8.98. The highest BCUT2D eigenvalue weighted by Gasteiger charge is 2.30. The van der Waals surface area contributed by atoms with Crippen molar-refractivity contribution in [1.29, 1.82) is 0 Å². The van der Waals surface area contributed by atoms with Crippen molar-refractivity contribution in [3.8, 4) is 0 Å². The first-order chi connectivity index (χ1) is 9.91. The summed E-state index contributed by atoms with van der Waals surface area (Å²) < 4.78 is 0. The minimum Gasteiger partial charge on any atom is -0.481 e. The molecule has 21 heavy (non-hydrogen) atoms. The summed E-state index contributed by atoms with van der Waals surface area (Å²) in [6.07, 6.45) is 1.89. The molecule has 0 spiro atoms. The fourth-order valence-electron chi connectivity index (χ4n) is 2.73. The van der Waals surface area contributed by atoms with Crippen molar-refractivity contribution >= 4 is 17.7 Å². The smallest absolute Gasteiger partial charge is 0.324 e. The number of aliphatic carboxylic acids is 1. The van der Waals surface area contributed by atoms with Crippen LogP contribution in [0.1, 0.15) is 25.8 Å². The maximum atomic E-state index is 12.7. The summed E-state index contributed by atoms with van der Waals surface area (Å²) in [6.45, 7) is 3.85. The first-order valence-corrected chi connectivity index (χ1v) is 7.27. The van der Waals surface area contributed by atoms with E-state index in [1.165, 1.54) is 10.5 Å². The molecule has 2 amide bonds. The Balaban J connectivity index is 2.20. The lowest BCUT2D eigenvalue weighted by Crippen LogP contribution is -2.49. The van der Waals surface area contributed by atoms with Gasteiger partial charge in [0.1, 0.15) is 0 Å². The lowest BCUT2D eigenvalue weighted by atomic mass is 9.97. The molecule has 0 saturated heterocycles. The highest BCUT2D eigenvalue weighted by atomic mass is 16.4. The molecule has 1 aliphatic heterocycles. The van der Waals surface area contributed by atoms with E-state index in [9.17, 15) is 9.59 Å². The largest absolute Gasteiger partial charge is 0.481 e. The molecule has 1 N–H and O–H groups in total. The van der Waals surface area contributed by atoms with E-state index in [0.717, 1.165) is 18.5 Å². The van der Waals surface area contributed by atoms with E-state index >= 15 is 0 Å². The molecule has 1 heterocycles. The number of rotatable bonds is 3. The SMILES string of the molecule is CC(CN(C)C(=O)N1c2ccccc2CCC1C)C(=O)O. The van der Waals surface area contributed by atoms with Crippen molar-refractivity contribution in [3.05, 3.63) is 29.8 Å². The molecule has 0 fully saturated rings. The molecule has 114 valence electrons. The van der Waals surface area contributed by atoms with Crippen LogP contribution in [0, 0.1) is 5.92 Å². The number of hydrogen-bond acceptors (Lipinski definition) is 2. The number of urea groups is 1. The van der Waals surface area contributed by atoms with Crippen LogP contribution in [-0.2, 0) is 11.2 Å². The first kappa shape index (κ1) is 15.4. The number of amides is 2. The number of aryl methyl sites for hydroxylation is 1. The summed E-state index contributed by atoms with van der Waals surface area (Å²) in [7, 11) is 1.66. The summed E-state index contributed by atoms with van der Waals surface area (Å²) in [4.78, 5) is 26.9. The standard InChI is InChI=1S/C16H22N2O3/c1-11(15(19)20)10-17(3)16(21)18-12(2)8-9-13-6-4-5-7-14(13)18/h4-7,11-12H,8-10H2,1-3H3,(H,19,20). The average Bonchev–Trinajstić information content (AvgIpc) is 2.46. The monoisotopic (exact) mass is 290 g/mol. The van der Waals surface area contributed by atoms with Gasteiger partial charge in [-0.05, 0) is 31.4 Å². The molecule has 2 unspecified atom stereocenters. The van der Waals surface area contributed by atoms with E-state index in [1.807, 2.05) is 31.2 Å². The lowest BCUT2D eigenvalue weighted by molar-refractivity contribution is -0.141. The molecule has 5 nitrogen and oxygen atoms in total. The summed E-state index contributed by atoms with van der Waals surface area (Å²) >= 11 is 0. The van der Waals surface area contributed by atoms with E-state index in [4.69, 9.17) is 5.11 Å². The number of benzene rings is 1. The maximum Gasteiger partial charge on any atom is 0.324 e. The maximum absolute atomic E-state index is 12.7. The van der Waals surface area contributed by atoms with Gasteiger partial charge >= 0.3 is 12.0 Å². The molecule has 0 bridgehead atoms. The van der Waals surface area contributed by atoms with E-state index in [0.29, 0.717) is 0 Å². The first-order valence-electron chi connectivity index (χ1n) is 7.27. The molecule has 0 saturated carbocycles. The Hall–Kier alpha value is -2.04. The molecule has 2 rings (SSSR count). The number of para-hydroxylation sites is 1. The van der Waals surface area contributed by atoms with Crippen molar-refractivity contribution < 1.29 is 14.7 Å². The van der Waals surface area contributed by atoms with Gasteiger partial charge < -0.3 is 10.0 Å². The zero-order valence-electron chi connectivity index (χ0n) is 12.7. The van der Waals surface area contributed by atoms with Crippen molar-refractivity contribution in [1.82, 2.24) is 4.90 Å². The van der Waals surface area contributed by atoms with Crippen LogP contribution in [0.3, 0.4) is 0 Å². The zero-order valence-corrected chi connectivity index (χ0v) is 12.7. The van der Waals surface area contributed by atoms with Crippen molar-refractivity contribution in [3.63, 3.8) is 0 Å². The van der Waals surface area contributed by atoms with Gasteiger partial charge in [-0.2, -0.15) is 0 Å². The van der Waals surface area contributed by atoms with E-state index < -0.39 is 11.9 Å². The summed E-state index contributed by atoms with van der Waals surface area (Å²) in [5.74, 6) is -1.46. The summed E-state index contributed by atoms with van der Waals surface area (Å²) in [5.41, 5.74) is 2.11. The Morgan fingerprint density at radius 2 is 2.10 bits per heavy atom. The third kappa shape index (κ3) is 3.17. The van der Waals surface area contributed by atoms with Gasteiger partial charge in [0.25, 0.3) is 0 Å². The van der Waals surface area contributed by atoms with Crippen LogP contribution >= 0.6 is 0 Å². The Bertz CT molecular complexity index is 544. The highest BCUT2D eigenvalue weighted by molar-refractivity contribution is 5.94. The normalized spacial score (nSPS) is 18.8. The van der Waals surface area contributed by atoms with E-state index in [2.05, 4.69) is 0 Å². The van der Waals surface area contributed by atoms with Crippen LogP contribution in [0.4, 0.5) is 10.5 Å². The Morgan fingerprint density at radius 3 is 2.76 bits per heavy atom. The molecule has 0 aromatic heterocycles. The van der Waals surface area contributed by atoms with Crippen molar-refractivity contribution in [2.75, 3.05) is 18.5 Å². The summed E-state index contributed by atoms with van der Waals surface area (Å²) in [6, 6.07) is 7.89. The average molecular weight is 290 g/mol. The van der Waals surface area contributed by atoms with Crippen LogP contribution < -0.4 is 4.90 Å². The quantitative estimate of drug-likeness (QED) is 0.930. The Morgan fingerprint density at radius 1 is 1.43 bits per heavy atom. The number of nitrogens with zero attached hydrogens (tertiary/aromatic N) is 2. The third-order valence-corrected chi connectivity index (χ3v) is 4.03. The number of carboxylic acids is 1. The van der Waals surface area contributed by atoms with Gasteiger partial charge in [0, 0.05) is 25.3 Å². The molecule has 1 aromatic rings. The van der Waals surface area contributed by atoms with Gasteiger partial charge in [0.2, 0.25) is 0 Å². The predicted octanol–water partition coefficient (Wildman–Crippen LogP) is 2.60. The molecule has 1 aliphatic rings. The second kappa shape index (κ2) is 6.16. The molecule has 1 aromatic carbocycles. The number of carbonyl (C=O) groups excluding carboxylic acids is 1. The van der Waals surface area contributed by atoms with Gasteiger partial charge in [0.15, 0.2) is 0 Å². The topological polar surface area (TPSA) is 60.9 Å². The van der Waals surface area contributed by atoms with Gasteiger partial charge in [-0.3, -0.25) is 9.69 Å². The van der Waals surface area contributed by atoms with Gasteiger partial charge in [-0.1, -0.05) is 25.1 Å². The van der Waals surface area contributed by atoms with Crippen LogP contribution in [-0.4, -0.2) is 41.6 Å². The van der Waals surface area contributed by atoms with Gasteiger partial charge in [0.05, 0.1) is 5.92 Å². The van der Waals surface area contributed by atoms with E-state index in [-0.39, 0.29) is 18.6 Å². The van der Waals surface area contributed by atoms with Gasteiger partial charge in [-0.25, -0.2) is 4.79 Å². The zero-order chi connectivity index (χ0) is 15.6. The number of hydrogen-bond donors (Lipinski definition) is 1. The van der Waals surface area contributed by atoms with Crippen molar-refractivity contribution in [2.45, 2.75) is 32.7 Å². The van der Waals surface area contributed by atoms with E-state index in [1.54, 1.807) is 18.9 Å². The van der Waals surface area contributed by atoms with Gasteiger partial charge in [-0.15, -0.1) is 0 Å². The number of carboxylic acid groups (broad SMARTS) is 1. The van der Waals surface area contributed by atoms with Crippen LogP contribution in [0.15, 0.2) is 24.3 Å². The van der Waals surface area contributed by atoms with Crippen LogP contribution in [0.5, 0.6) is 0 Å². The minimum atomic E-state index is -0.887. The number of anilines is 1. The van der Waals surface area contributed by atoms with Crippen LogP contribution in [0.2, 0.25) is 0 Å². The molecular weight excluding hydrogens is 268 g/mol. The fraction of sp³-hybridized carbons (Fsp3) is 0.500. The number of carbonyl (C=O) groups is 2. The lowest BCUT2D eigenvalue weighted by Gasteiger charge is -2.38. The molecule has 0 aliphatic carbocycles. The molecule has 2 atom stereocenters.